The normalized spacial score (nSPS) is 8.14. The van der Waals surface area contributed by atoms with Crippen LogP contribution < -0.4 is 5.32 Å². The third kappa shape index (κ3) is 3.19. The Morgan fingerprint density at radius 1 is 2.00 bits per heavy atom. The molecule has 2 nitrogen and oxygen atoms in total. The molecule has 0 spiro atoms. The molecule has 40 valence electrons. The van der Waals surface area contributed by atoms with E-state index in [2.05, 4.69) is 11.9 Å². The molecule has 0 aromatic heterocycles. The topological polar surface area (TPSA) is 35.9 Å². The van der Waals surface area contributed by atoms with Crippen molar-refractivity contribution in [1.82, 2.24) is 5.32 Å². The average molecular weight is 98.1 g/mol. The van der Waals surface area contributed by atoms with Crippen molar-refractivity contribution in [3.05, 3.63) is 12.2 Å². The Labute approximate surface area is 43.7 Å². The van der Waals surface area contributed by atoms with E-state index >= 15 is 0 Å². The standard InChI is InChI=1S/C5H10N2/c1-5(3-6)4-7-2/h3,6-7H,1,4H2,2H3. The van der Waals surface area contributed by atoms with E-state index in [1.807, 2.05) is 7.05 Å². The minimum absolute atomic E-state index is 0.712. The predicted octanol–water partition coefficient (Wildman–Crippen LogP) is 0.412. The van der Waals surface area contributed by atoms with E-state index in [4.69, 9.17) is 5.41 Å². The van der Waals surface area contributed by atoms with Gasteiger partial charge in [0.05, 0.1) is 0 Å². The maximum Gasteiger partial charge on any atom is 0.0216 e. The molecule has 0 atom stereocenters. The zero-order valence-electron chi connectivity index (χ0n) is 4.49. The summed E-state index contributed by atoms with van der Waals surface area (Å²) in [4.78, 5) is 0. The second-order valence-electron chi connectivity index (χ2n) is 1.33. The first-order chi connectivity index (χ1) is 3.31. The summed E-state index contributed by atoms with van der Waals surface area (Å²) in [5.41, 5.74) is 0.808. The Kier molecular flexibility index (Phi) is 3.24. The highest BCUT2D eigenvalue weighted by Gasteiger charge is 1.79. The van der Waals surface area contributed by atoms with E-state index in [0.29, 0.717) is 6.54 Å². The molecular formula is C5H10N2. The quantitative estimate of drug-likeness (QED) is 0.493. The summed E-state index contributed by atoms with van der Waals surface area (Å²) in [5.74, 6) is 0. The highest BCUT2D eigenvalue weighted by molar-refractivity contribution is 5.75. The third-order valence-corrected chi connectivity index (χ3v) is 0.608. The van der Waals surface area contributed by atoms with Crippen LogP contribution in [0.3, 0.4) is 0 Å². The molecule has 7 heavy (non-hydrogen) atoms. The molecule has 0 heterocycles. The van der Waals surface area contributed by atoms with Gasteiger partial charge < -0.3 is 10.7 Å². The molecular weight excluding hydrogens is 88.1 g/mol. The lowest BCUT2D eigenvalue weighted by molar-refractivity contribution is 0.906. The van der Waals surface area contributed by atoms with Gasteiger partial charge in [0.1, 0.15) is 0 Å². The zero-order valence-corrected chi connectivity index (χ0v) is 4.49. The summed E-state index contributed by atoms with van der Waals surface area (Å²) in [6, 6.07) is 0. The summed E-state index contributed by atoms with van der Waals surface area (Å²) < 4.78 is 0. The molecule has 0 aliphatic carbocycles. The van der Waals surface area contributed by atoms with E-state index in [9.17, 15) is 0 Å². The molecule has 0 amide bonds. The Hall–Kier alpha value is -0.630. The first-order valence-electron chi connectivity index (χ1n) is 2.14. The molecule has 0 rings (SSSR count). The maximum absolute atomic E-state index is 6.65. The SMILES string of the molecule is C=C(C=N)CNC. The lowest BCUT2D eigenvalue weighted by Crippen LogP contribution is -2.09. The lowest BCUT2D eigenvalue weighted by Gasteiger charge is -1.91. The van der Waals surface area contributed by atoms with Crippen molar-refractivity contribution >= 4 is 6.21 Å². The Morgan fingerprint density at radius 3 is 2.71 bits per heavy atom. The number of hydrogen-bond donors (Lipinski definition) is 2. The molecule has 0 saturated carbocycles. The fraction of sp³-hybridized carbons (Fsp3) is 0.400. The van der Waals surface area contributed by atoms with Gasteiger partial charge in [0.25, 0.3) is 0 Å². The molecule has 0 aromatic rings. The molecule has 0 saturated heterocycles. The van der Waals surface area contributed by atoms with Gasteiger partial charge in [-0.2, -0.15) is 0 Å². The Bertz CT molecular complexity index is 76.1. The van der Waals surface area contributed by atoms with Crippen molar-refractivity contribution in [2.75, 3.05) is 13.6 Å². The van der Waals surface area contributed by atoms with Crippen molar-refractivity contribution in [2.24, 2.45) is 0 Å². The predicted molar refractivity (Wildman–Crippen MR) is 31.9 cm³/mol. The van der Waals surface area contributed by atoms with E-state index < -0.39 is 0 Å². The molecule has 2 N–H and O–H groups in total. The van der Waals surface area contributed by atoms with Crippen LogP contribution in [0, 0.1) is 5.41 Å². The van der Waals surface area contributed by atoms with Gasteiger partial charge in [0.15, 0.2) is 0 Å². The Balaban J connectivity index is 3.17. The van der Waals surface area contributed by atoms with E-state index in [1.165, 1.54) is 6.21 Å². The smallest absolute Gasteiger partial charge is 0.0216 e. The highest BCUT2D eigenvalue weighted by atomic mass is 14.8. The number of nitrogens with one attached hydrogen (secondary N) is 2. The van der Waals surface area contributed by atoms with Gasteiger partial charge in [0, 0.05) is 12.8 Å². The van der Waals surface area contributed by atoms with E-state index in [-0.39, 0.29) is 0 Å². The molecule has 0 aromatic carbocycles. The lowest BCUT2D eigenvalue weighted by atomic mass is 10.3. The van der Waals surface area contributed by atoms with Gasteiger partial charge in [0.2, 0.25) is 0 Å². The van der Waals surface area contributed by atoms with Crippen molar-refractivity contribution < 1.29 is 0 Å². The van der Waals surface area contributed by atoms with Crippen molar-refractivity contribution in [3.8, 4) is 0 Å². The van der Waals surface area contributed by atoms with Gasteiger partial charge in [-0.3, -0.25) is 0 Å². The van der Waals surface area contributed by atoms with Gasteiger partial charge in [-0.25, -0.2) is 0 Å². The second-order valence-corrected chi connectivity index (χ2v) is 1.33. The Morgan fingerprint density at radius 2 is 2.57 bits per heavy atom. The second kappa shape index (κ2) is 3.56. The summed E-state index contributed by atoms with van der Waals surface area (Å²) in [6.45, 7) is 4.27. The number of hydrogen-bond acceptors (Lipinski definition) is 2. The van der Waals surface area contributed by atoms with Crippen molar-refractivity contribution in [1.29, 1.82) is 5.41 Å². The minimum Gasteiger partial charge on any atom is -0.316 e. The fourth-order valence-corrected chi connectivity index (χ4v) is 0.278. The van der Waals surface area contributed by atoms with Crippen LogP contribution in [-0.4, -0.2) is 19.8 Å². The highest BCUT2D eigenvalue weighted by Crippen LogP contribution is 1.75. The molecule has 0 aliphatic heterocycles. The first-order valence-corrected chi connectivity index (χ1v) is 2.14. The first kappa shape index (κ1) is 6.37. The summed E-state index contributed by atoms with van der Waals surface area (Å²) in [6.07, 6.45) is 1.25. The van der Waals surface area contributed by atoms with Gasteiger partial charge in [-0.05, 0) is 12.6 Å². The molecule has 0 fully saturated rings. The van der Waals surface area contributed by atoms with Crippen LogP contribution >= 0.6 is 0 Å². The summed E-state index contributed by atoms with van der Waals surface area (Å²) in [7, 11) is 1.83. The van der Waals surface area contributed by atoms with Gasteiger partial charge in [-0.15, -0.1) is 0 Å². The van der Waals surface area contributed by atoms with Crippen LogP contribution in [0.5, 0.6) is 0 Å². The van der Waals surface area contributed by atoms with Crippen LogP contribution in [0.25, 0.3) is 0 Å². The largest absolute Gasteiger partial charge is 0.316 e. The molecule has 0 radical (unpaired) electrons. The molecule has 0 aliphatic rings. The molecule has 2 heteroatoms. The van der Waals surface area contributed by atoms with Crippen LogP contribution in [-0.2, 0) is 0 Å². The van der Waals surface area contributed by atoms with Crippen molar-refractivity contribution in [3.63, 3.8) is 0 Å². The number of likely N-dealkylation sites (N-methyl/N-ethyl adjacent to an activating group) is 1. The van der Waals surface area contributed by atoms with E-state index in [0.717, 1.165) is 5.57 Å². The van der Waals surface area contributed by atoms with Crippen LogP contribution in [0.2, 0.25) is 0 Å². The van der Waals surface area contributed by atoms with E-state index in [1.54, 1.807) is 0 Å². The van der Waals surface area contributed by atoms with Crippen molar-refractivity contribution in [2.45, 2.75) is 0 Å². The number of rotatable bonds is 3. The van der Waals surface area contributed by atoms with Crippen LogP contribution in [0.4, 0.5) is 0 Å². The van der Waals surface area contributed by atoms with Gasteiger partial charge >= 0.3 is 0 Å². The molecule has 0 bridgehead atoms. The fourth-order valence-electron chi connectivity index (χ4n) is 0.278. The zero-order chi connectivity index (χ0) is 5.70. The van der Waals surface area contributed by atoms with Crippen LogP contribution in [0.1, 0.15) is 0 Å². The minimum atomic E-state index is 0.712. The molecule has 0 unspecified atom stereocenters. The monoisotopic (exact) mass is 98.1 g/mol. The van der Waals surface area contributed by atoms with Crippen LogP contribution in [0.15, 0.2) is 12.2 Å². The summed E-state index contributed by atoms with van der Waals surface area (Å²) >= 11 is 0. The average Bonchev–Trinajstić information content (AvgIpc) is 1.68. The van der Waals surface area contributed by atoms with Gasteiger partial charge in [-0.1, -0.05) is 6.58 Å². The summed E-state index contributed by atoms with van der Waals surface area (Å²) in [5, 5.41) is 9.52. The third-order valence-electron chi connectivity index (χ3n) is 0.608. The maximum atomic E-state index is 6.65.